The molecule has 0 bridgehead atoms. The van der Waals surface area contributed by atoms with E-state index in [0.717, 1.165) is 110 Å². The molecule has 14 heteroatoms. The van der Waals surface area contributed by atoms with Crippen molar-refractivity contribution in [2.24, 2.45) is 12.5 Å². The minimum absolute atomic E-state index is 0.0923. The molecule has 14 nitrogen and oxygen atoms in total. The van der Waals surface area contributed by atoms with Gasteiger partial charge in [-0.3, -0.25) is 4.68 Å². The van der Waals surface area contributed by atoms with Gasteiger partial charge >= 0.3 is 6.09 Å². The number of rotatable bonds is 5. The Kier molecular flexibility index (Phi) is 8.41. The number of amides is 1. The summed E-state index contributed by atoms with van der Waals surface area (Å²) in [6.45, 7) is 11.3. The Morgan fingerprint density at radius 3 is 2.64 bits per heavy atom. The van der Waals surface area contributed by atoms with Gasteiger partial charge in [0.1, 0.15) is 11.4 Å². The molecule has 266 valence electrons. The Morgan fingerprint density at radius 2 is 1.90 bits per heavy atom. The molecule has 50 heavy (non-hydrogen) atoms. The molecule has 4 aromatic heterocycles. The third-order valence-electron chi connectivity index (χ3n) is 10.7. The van der Waals surface area contributed by atoms with Gasteiger partial charge in [0, 0.05) is 44.9 Å². The Hall–Kier alpha value is -4.30. The molecule has 1 N–H and O–H groups in total. The lowest BCUT2D eigenvalue weighted by atomic mass is 9.73. The number of nitrogens with one attached hydrogen (secondary N) is 1. The lowest BCUT2D eigenvalue weighted by molar-refractivity contribution is -0.0368. The van der Waals surface area contributed by atoms with E-state index in [1.165, 1.54) is 0 Å². The molecule has 1 unspecified atom stereocenters. The van der Waals surface area contributed by atoms with E-state index in [0.29, 0.717) is 13.2 Å². The van der Waals surface area contributed by atoms with Gasteiger partial charge in [-0.05, 0) is 90.8 Å². The molecule has 4 aliphatic rings. The molecule has 3 fully saturated rings. The topological polar surface area (TPSA) is 138 Å². The number of carbonyl (C=O) groups excluding carboxylic acids is 1. The van der Waals surface area contributed by atoms with Crippen LogP contribution in [0.1, 0.15) is 78.1 Å². The number of pyridine rings is 1. The Labute approximate surface area is 292 Å². The standard InChI is InChI=1S/C36H48N10O4/c1-23-31(41-34(47)50-35(2,3)4)36(22-49-23)14-18-44(19-15-36)28-21-37-30-32(40-28)46(29-10-6-7-20-48-29)42-33(30)45-17-8-9-24-27(45)12-11-25(39-24)26-13-16-38-43(26)5/h11-13,16,21,23,29,31H,6-10,14-15,17-20,22H2,1-5H3,(H,41,47)/t23-,29?,31+/m0/s1. The van der Waals surface area contributed by atoms with Crippen LogP contribution >= 0.6 is 0 Å². The highest BCUT2D eigenvalue weighted by Crippen LogP contribution is 2.44. The lowest BCUT2D eigenvalue weighted by Gasteiger charge is -2.42. The summed E-state index contributed by atoms with van der Waals surface area (Å²) >= 11 is 0. The Morgan fingerprint density at radius 1 is 1.06 bits per heavy atom. The molecule has 0 aromatic carbocycles. The molecule has 4 aliphatic heterocycles. The predicted octanol–water partition coefficient (Wildman–Crippen LogP) is 5.30. The predicted molar refractivity (Wildman–Crippen MR) is 188 cm³/mol. The van der Waals surface area contributed by atoms with Gasteiger partial charge in [0.15, 0.2) is 23.2 Å². The first-order chi connectivity index (χ1) is 24.1. The first kappa shape index (κ1) is 32.9. The average molecular weight is 685 g/mol. The van der Waals surface area contributed by atoms with E-state index in [-0.39, 0.29) is 23.8 Å². The summed E-state index contributed by atoms with van der Waals surface area (Å²) in [7, 11) is 1.94. The largest absolute Gasteiger partial charge is 0.444 e. The fraction of sp³-hybridized carbons (Fsp3) is 0.611. The first-order valence-corrected chi connectivity index (χ1v) is 18.1. The smallest absolute Gasteiger partial charge is 0.407 e. The summed E-state index contributed by atoms with van der Waals surface area (Å²) in [6, 6.07) is 6.08. The molecule has 0 saturated carbocycles. The zero-order valence-corrected chi connectivity index (χ0v) is 29.8. The van der Waals surface area contributed by atoms with Gasteiger partial charge in [-0.1, -0.05) is 0 Å². The summed E-state index contributed by atoms with van der Waals surface area (Å²) in [5.74, 6) is 1.61. The zero-order valence-electron chi connectivity index (χ0n) is 29.8. The average Bonchev–Trinajstić information content (AvgIpc) is 3.79. The van der Waals surface area contributed by atoms with E-state index >= 15 is 0 Å². The lowest BCUT2D eigenvalue weighted by Crippen LogP contribution is -2.55. The highest BCUT2D eigenvalue weighted by atomic mass is 16.6. The van der Waals surface area contributed by atoms with Crippen LogP contribution in [0.25, 0.3) is 22.6 Å². The van der Waals surface area contributed by atoms with E-state index in [2.05, 4.69) is 32.3 Å². The number of piperidine rings is 1. The van der Waals surface area contributed by atoms with Gasteiger partial charge in [-0.25, -0.2) is 24.4 Å². The van der Waals surface area contributed by atoms with E-state index < -0.39 is 11.7 Å². The van der Waals surface area contributed by atoms with Crippen molar-refractivity contribution in [3.63, 3.8) is 0 Å². The fourth-order valence-corrected chi connectivity index (χ4v) is 8.10. The zero-order chi connectivity index (χ0) is 34.6. The van der Waals surface area contributed by atoms with Crippen LogP contribution in [0.4, 0.5) is 22.1 Å². The maximum atomic E-state index is 12.8. The Balaban J connectivity index is 1.08. The summed E-state index contributed by atoms with van der Waals surface area (Å²) in [5.41, 5.74) is 4.76. The van der Waals surface area contributed by atoms with E-state index in [1.54, 1.807) is 6.20 Å². The third-order valence-corrected chi connectivity index (χ3v) is 10.7. The first-order valence-electron chi connectivity index (χ1n) is 18.1. The molecule has 1 spiro atoms. The van der Waals surface area contributed by atoms with Gasteiger partial charge in [0.05, 0.1) is 47.7 Å². The van der Waals surface area contributed by atoms with Crippen LogP contribution in [0.3, 0.4) is 0 Å². The Bertz CT molecular complexity index is 1870. The van der Waals surface area contributed by atoms with Crippen molar-refractivity contribution in [2.75, 3.05) is 42.6 Å². The van der Waals surface area contributed by atoms with Crippen LogP contribution in [-0.2, 0) is 27.7 Å². The molecule has 0 aliphatic carbocycles. The molecule has 3 saturated heterocycles. The molecular weight excluding hydrogens is 636 g/mol. The van der Waals surface area contributed by atoms with E-state index in [9.17, 15) is 4.79 Å². The van der Waals surface area contributed by atoms with Crippen molar-refractivity contribution in [3.05, 3.63) is 36.3 Å². The van der Waals surface area contributed by atoms with Gasteiger partial charge in [-0.15, -0.1) is 5.10 Å². The highest BCUT2D eigenvalue weighted by Gasteiger charge is 2.50. The fourth-order valence-electron chi connectivity index (χ4n) is 8.10. The third kappa shape index (κ3) is 6.06. The maximum absolute atomic E-state index is 12.8. The van der Waals surface area contributed by atoms with Gasteiger partial charge in [0.25, 0.3) is 0 Å². The van der Waals surface area contributed by atoms with E-state index in [1.807, 2.05) is 56.4 Å². The number of carbonyl (C=O) groups is 1. The molecule has 1 amide bonds. The van der Waals surface area contributed by atoms with Crippen molar-refractivity contribution in [1.29, 1.82) is 0 Å². The second kappa shape index (κ2) is 12.8. The second-order valence-corrected chi connectivity index (χ2v) is 15.2. The number of alkyl carbamates (subject to hydrolysis) is 1. The van der Waals surface area contributed by atoms with Gasteiger partial charge in [0.2, 0.25) is 0 Å². The van der Waals surface area contributed by atoms with Crippen molar-refractivity contribution in [2.45, 2.75) is 96.6 Å². The number of aryl methyl sites for hydroxylation is 2. The highest BCUT2D eigenvalue weighted by molar-refractivity contribution is 5.88. The van der Waals surface area contributed by atoms with Gasteiger partial charge in [-0.2, -0.15) is 5.10 Å². The number of ether oxygens (including phenoxy) is 3. The van der Waals surface area contributed by atoms with Crippen LogP contribution in [0, 0.1) is 5.41 Å². The van der Waals surface area contributed by atoms with Crippen molar-refractivity contribution in [3.8, 4) is 11.4 Å². The maximum Gasteiger partial charge on any atom is 0.407 e. The number of fused-ring (bicyclic) bond motifs is 2. The van der Waals surface area contributed by atoms with Crippen LogP contribution in [0.15, 0.2) is 30.6 Å². The number of nitrogens with zero attached hydrogens (tertiary/aromatic N) is 9. The van der Waals surface area contributed by atoms with Crippen LogP contribution in [-0.4, -0.2) is 91.2 Å². The van der Waals surface area contributed by atoms with Crippen molar-refractivity contribution < 1.29 is 19.0 Å². The molecule has 8 rings (SSSR count). The minimum atomic E-state index is -0.562. The second-order valence-electron chi connectivity index (χ2n) is 15.2. The van der Waals surface area contributed by atoms with Crippen LogP contribution in [0.2, 0.25) is 0 Å². The number of hydrogen-bond donors (Lipinski definition) is 1. The number of anilines is 3. The summed E-state index contributed by atoms with van der Waals surface area (Å²) in [6.07, 6.45) is 9.56. The molecule has 8 heterocycles. The van der Waals surface area contributed by atoms with Crippen LogP contribution < -0.4 is 15.1 Å². The SMILES string of the molecule is C[C@@H]1OCC2(CCN(c3cnc4c(N5CCCc6nc(-c7ccnn7C)ccc65)nn(C5CCCCO5)c4n3)CC2)[C@@H]1NC(=O)OC(C)(C)C. The number of hydrogen-bond acceptors (Lipinski definition) is 11. The minimum Gasteiger partial charge on any atom is -0.444 e. The molecule has 3 atom stereocenters. The van der Waals surface area contributed by atoms with Crippen molar-refractivity contribution in [1.82, 2.24) is 39.8 Å². The van der Waals surface area contributed by atoms with Crippen molar-refractivity contribution >= 4 is 34.6 Å². The normalized spacial score (nSPS) is 23.7. The van der Waals surface area contributed by atoms with Gasteiger partial charge < -0.3 is 29.3 Å². The molecule has 4 aromatic rings. The van der Waals surface area contributed by atoms with Crippen LogP contribution in [0.5, 0.6) is 0 Å². The summed E-state index contributed by atoms with van der Waals surface area (Å²) in [4.78, 5) is 32.7. The molecular formula is C36H48N10O4. The number of aromatic nitrogens is 7. The van der Waals surface area contributed by atoms with E-state index in [4.69, 9.17) is 34.3 Å². The molecule has 0 radical (unpaired) electrons. The summed E-state index contributed by atoms with van der Waals surface area (Å²) in [5, 5.41) is 12.7. The quantitative estimate of drug-likeness (QED) is 0.293. The summed E-state index contributed by atoms with van der Waals surface area (Å²) < 4.78 is 21.8. The monoisotopic (exact) mass is 684 g/mol.